The number of ether oxygens (including phenoxy) is 2. The van der Waals surface area contributed by atoms with Crippen LogP contribution in [-0.2, 0) is 11.2 Å². The van der Waals surface area contributed by atoms with Crippen LogP contribution in [0.5, 0.6) is 11.5 Å². The summed E-state index contributed by atoms with van der Waals surface area (Å²) in [6.45, 7) is 5.81. The van der Waals surface area contributed by atoms with Crippen LogP contribution in [0, 0.1) is 0 Å². The van der Waals surface area contributed by atoms with Crippen LogP contribution < -0.4 is 9.47 Å². The van der Waals surface area contributed by atoms with Crippen LogP contribution in [-0.4, -0.2) is 24.3 Å². The molecule has 154 valence electrons. The minimum Gasteiger partial charge on any atom is -0.490 e. The topological polar surface area (TPSA) is 55.8 Å². The first-order valence-electron chi connectivity index (χ1n) is 10.8. The third kappa shape index (κ3) is 11.6. The summed E-state index contributed by atoms with van der Waals surface area (Å²) < 4.78 is 11.9. The summed E-state index contributed by atoms with van der Waals surface area (Å²) in [6.07, 6.45) is 12.7. The van der Waals surface area contributed by atoms with Crippen molar-refractivity contribution in [1.29, 1.82) is 0 Å². The Labute approximate surface area is 165 Å². The Morgan fingerprint density at radius 2 is 1.37 bits per heavy atom. The van der Waals surface area contributed by atoms with Gasteiger partial charge in [0.05, 0.1) is 13.2 Å². The van der Waals surface area contributed by atoms with Gasteiger partial charge >= 0.3 is 5.97 Å². The molecular formula is C23H38O4. The molecule has 1 N–H and O–H groups in total. The molecule has 0 unspecified atom stereocenters. The lowest BCUT2D eigenvalue weighted by atomic mass is 10.1. The van der Waals surface area contributed by atoms with Gasteiger partial charge in [0, 0.05) is 6.42 Å². The van der Waals surface area contributed by atoms with Crippen LogP contribution in [0.1, 0.15) is 90.0 Å². The zero-order valence-corrected chi connectivity index (χ0v) is 17.3. The maximum atomic E-state index is 10.8. The number of carbonyl (C=O) groups is 1. The van der Waals surface area contributed by atoms with E-state index in [9.17, 15) is 4.79 Å². The Morgan fingerprint density at radius 3 is 1.93 bits per heavy atom. The summed E-state index contributed by atoms with van der Waals surface area (Å²) in [5, 5.41) is 8.89. The molecule has 0 radical (unpaired) electrons. The van der Waals surface area contributed by atoms with E-state index in [2.05, 4.69) is 13.8 Å². The van der Waals surface area contributed by atoms with Gasteiger partial charge in [-0.3, -0.25) is 4.79 Å². The molecule has 27 heavy (non-hydrogen) atoms. The first-order valence-corrected chi connectivity index (χ1v) is 10.8. The highest BCUT2D eigenvalue weighted by atomic mass is 16.5. The van der Waals surface area contributed by atoms with Crippen molar-refractivity contribution in [2.45, 2.75) is 90.9 Å². The van der Waals surface area contributed by atoms with E-state index in [1.165, 1.54) is 51.4 Å². The highest BCUT2D eigenvalue weighted by molar-refractivity contribution is 5.67. The molecule has 4 nitrogen and oxygen atoms in total. The normalized spacial score (nSPS) is 10.7. The van der Waals surface area contributed by atoms with Crippen LogP contribution in [0.2, 0.25) is 0 Å². The molecule has 0 aromatic heterocycles. The lowest BCUT2D eigenvalue weighted by molar-refractivity contribution is -0.136. The number of hydrogen-bond acceptors (Lipinski definition) is 3. The Bertz CT molecular complexity index is 513. The molecule has 0 aliphatic carbocycles. The third-order valence-corrected chi connectivity index (χ3v) is 4.65. The van der Waals surface area contributed by atoms with Gasteiger partial charge in [-0.15, -0.1) is 0 Å². The van der Waals surface area contributed by atoms with Crippen molar-refractivity contribution in [1.82, 2.24) is 0 Å². The van der Waals surface area contributed by atoms with Crippen molar-refractivity contribution in [3.05, 3.63) is 23.8 Å². The van der Waals surface area contributed by atoms with E-state index < -0.39 is 5.97 Å². The molecule has 0 bridgehead atoms. The fourth-order valence-electron chi connectivity index (χ4n) is 2.97. The summed E-state index contributed by atoms with van der Waals surface area (Å²) in [7, 11) is 0. The molecule has 1 aromatic carbocycles. The lowest BCUT2D eigenvalue weighted by Gasteiger charge is -2.14. The van der Waals surface area contributed by atoms with Gasteiger partial charge < -0.3 is 14.6 Å². The van der Waals surface area contributed by atoms with Gasteiger partial charge in [0.1, 0.15) is 0 Å². The van der Waals surface area contributed by atoms with Crippen LogP contribution in [0.3, 0.4) is 0 Å². The van der Waals surface area contributed by atoms with E-state index in [0.29, 0.717) is 19.6 Å². The number of unbranched alkanes of at least 4 members (excludes halogenated alkanes) is 8. The maximum absolute atomic E-state index is 10.8. The first kappa shape index (κ1) is 23.3. The van der Waals surface area contributed by atoms with Crippen LogP contribution >= 0.6 is 0 Å². The molecule has 0 amide bonds. The number of benzene rings is 1. The molecule has 0 heterocycles. The number of carboxylic acids is 1. The summed E-state index contributed by atoms with van der Waals surface area (Å²) in [4.78, 5) is 10.8. The van der Waals surface area contributed by atoms with E-state index in [4.69, 9.17) is 14.6 Å². The van der Waals surface area contributed by atoms with Gasteiger partial charge in [0.25, 0.3) is 0 Å². The lowest BCUT2D eigenvalue weighted by Crippen LogP contribution is -2.04. The number of carboxylic acid groups (broad SMARTS) is 1. The van der Waals surface area contributed by atoms with Crippen LogP contribution in [0.4, 0.5) is 0 Å². The molecule has 1 aromatic rings. The van der Waals surface area contributed by atoms with Gasteiger partial charge in [-0.2, -0.15) is 0 Å². The Balaban J connectivity index is 2.53. The van der Waals surface area contributed by atoms with E-state index in [-0.39, 0.29) is 6.42 Å². The average Bonchev–Trinajstić information content (AvgIpc) is 2.66. The second-order valence-electron chi connectivity index (χ2n) is 7.20. The van der Waals surface area contributed by atoms with Gasteiger partial charge in [-0.05, 0) is 37.0 Å². The molecule has 0 aliphatic rings. The van der Waals surface area contributed by atoms with Crippen molar-refractivity contribution >= 4 is 5.97 Å². The minimum absolute atomic E-state index is 0.133. The second kappa shape index (κ2) is 15.4. The molecule has 4 heteroatoms. The Morgan fingerprint density at radius 1 is 0.815 bits per heavy atom. The highest BCUT2D eigenvalue weighted by Crippen LogP contribution is 2.29. The quantitative estimate of drug-likeness (QED) is 0.319. The molecule has 0 saturated carbocycles. The minimum atomic E-state index is -0.777. The monoisotopic (exact) mass is 378 g/mol. The van der Waals surface area contributed by atoms with E-state index >= 15 is 0 Å². The fraction of sp³-hybridized carbons (Fsp3) is 0.696. The highest BCUT2D eigenvalue weighted by Gasteiger charge is 2.08. The molecule has 0 saturated heterocycles. The third-order valence-electron chi connectivity index (χ3n) is 4.65. The predicted octanol–water partition coefficient (Wildman–Crippen LogP) is 6.40. The zero-order valence-electron chi connectivity index (χ0n) is 17.3. The molecule has 0 atom stereocenters. The number of rotatable bonds is 17. The second-order valence-corrected chi connectivity index (χ2v) is 7.20. The Kier molecular flexibility index (Phi) is 13.3. The summed E-state index contributed by atoms with van der Waals surface area (Å²) in [6, 6.07) is 5.82. The van der Waals surface area contributed by atoms with Gasteiger partial charge in [0.15, 0.2) is 11.5 Å². The molecule has 0 spiro atoms. The standard InChI is InChI=1S/C23H38O4/c1-3-5-7-9-11-17-26-21-15-13-20(14-16-23(24)25)19-22(21)27-18-12-10-8-6-4-2/h13,15,19H,3-12,14,16-18H2,1-2H3,(H,24,25). The predicted molar refractivity (Wildman–Crippen MR) is 111 cm³/mol. The largest absolute Gasteiger partial charge is 0.490 e. The maximum Gasteiger partial charge on any atom is 0.303 e. The molecule has 0 aliphatic heterocycles. The van der Waals surface area contributed by atoms with Crippen molar-refractivity contribution in [3.8, 4) is 11.5 Å². The van der Waals surface area contributed by atoms with E-state index in [1.807, 2.05) is 18.2 Å². The van der Waals surface area contributed by atoms with Gasteiger partial charge in [0.2, 0.25) is 0 Å². The SMILES string of the molecule is CCCCCCCOc1ccc(CCC(=O)O)cc1OCCCCCCC. The average molecular weight is 379 g/mol. The number of hydrogen-bond donors (Lipinski definition) is 1. The van der Waals surface area contributed by atoms with Crippen molar-refractivity contribution < 1.29 is 19.4 Å². The van der Waals surface area contributed by atoms with Crippen molar-refractivity contribution in [2.75, 3.05) is 13.2 Å². The summed E-state index contributed by atoms with van der Waals surface area (Å²) in [5.41, 5.74) is 0.980. The van der Waals surface area contributed by atoms with Gasteiger partial charge in [-0.25, -0.2) is 0 Å². The zero-order chi connectivity index (χ0) is 19.7. The molecule has 0 fully saturated rings. The molecule has 1 rings (SSSR count). The van der Waals surface area contributed by atoms with E-state index in [1.54, 1.807) is 0 Å². The summed E-state index contributed by atoms with van der Waals surface area (Å²) >= 11 is 0. The number of aryl methyl sites for hydroxylation is 1. The molecular weight excluding hydrogens is 340 g/mol. The fourth-order valence-corrected chi connectivity index (χ4v) is 2.97. The van der Waals surface area contributed by atoms with Crippen molar-refractivity contribution in [2.24, 2.45) is 0 Å². The Hall–Kier alpha value is -1.71. The van der Waals surface area contributed by atoms with Crippen LogP contribution in [0.25, 0.3) is 0 Å². The van der Waals surface area contributed by atoms with E-state index in [0.717, 1.165) is 29.9 Å². The first-order chi connectivity index (χ1) is 13.2. The van der Waals surface area contributed by atoms with Gasteiger partial charge in [-0.1, -0.05) is 71.3 Å². The van der Waals surface area contributed by atoms with Crippen molar-refractivity contribution in [3.63, 3.8) is 0 Å². The van der Waals surface area contributed by atoms with Crippen LogP contribution in [0.15, 0.2) is 18.2 Å². The smallest absolute Gasteiger partial charge is 0.303 e. The summed E-state index contributed by atoms with van der Waals surface area (Å²) in [5.74, 6) is 0.751. The number of aliphatic carboxylic acids is 1.